The minimum Gasteiger partial charge on any atom is -0.337 e. The van der Waals surface area contributed by atoms with E-state index < -0.39 is 6.17 Å². The lowest BCUT2D eigenvalue weighted by Crippen LogP contribution is -2.14. The van der Waals surface area contributed by atoms with E-state index in [4.69, 9.17) is 4.52 Å². The van der Waals surface area contributed by atoms with E-state index in [1.807, 2.05) is 12.1 Å². The standard InChI is InChI=1S/C11H11FN4O/c12-7-5-9(14-6-7)11-15-10(16-17-11)8-3-1-2-4-13-8/h1-4,7,9,14H,5-6H2. The monoisotopic (exact) mass is 234 g/mol. The molecule has 88 valence electrons. The summed E-state index contributed by atoms with van der Waals surface area (Å²) in [6.07, 6.45) is 1.20. The van der Waals surface area contributed by atoms with Crippen molar-refractivity contribution < 1.29 is 8.91 Å². The predicted molar refractivity (Wildman–Crippen MR) is 57.8 cm³/mol. The molecule has 0 aromatic carbocycles. The lowest BCUT2D eigenvalue weighted by Gasteiger charge is -2.00. The van der Waals surface area contributed by atoms with Gasteiger partial charge in [-0.25, -0.2) is 4.39 Å². The van der Waals surface area contributed by atoms with Gasteiger partial charge in [-0.15, -0.1) is 0 Å². The molecule has 0 saturated carbocycles. The van der Waals surface area contributed by atoms with Crippen LogP contribution in [0.4, 0.5) is 4.39 Å². The van der Waals surface area contributed by atoms with Gasteiger partial charge in [0.25, 0.3) is 0 Å². The van der Waals surface area contributed by atoms with Crippen LogP contribution < -0.4 is 5.32 Å². The first-order valence-electron chi connectivity index (χ1n) is 5.45. The minimum atomic E-state index is -0.842. The summed E-state index contributed by atoms with van der Waals surface area (Å²) in [6.45, 7) is 0.339. The van der Waals surface area contributed by atoms with Crippen molar-refractivity contribution in [1.82, 2.24) is 20.4 Å². The predicted octanol–water partition coefficient (Wildman–Crippen LogP) is 1.50. The van der Waals surface area contributed by atoms with Gasteiger partial charge >= 0.3 is 0 Å². The number of hydrogen-bond donors (Lipinski definition) is 1. The molecule has 1 aliphatic heterocycles. The Bertz CT molecular complexity index is 501. The van der Waals surface area contributed by atoms with Crippen LogP contribution in [0.5, 0.6) is 0 Å². The Morgan fingerprint density at radius 1 is 1.41 bits per heavy atom. The van der Waals surface area contributed by atoms with Gasteiger partial charge in [-0.2, -0.15) is 4.98 Å². The van der Waals surface area contributed by atoms with Gasteiger partial charge in [-0.05, 0) is 12.1 Å². The maximum atomic E-state index is 13.0. The second-order valence-corrected chi connectivity index (χ2v) is 3.97. The van der Waals surface area contributed by atoms with Crippen molar-refractivity contribution in [1.29, 1.82) is 0 Å². The molecule has 3 rings (SSSR count). The fourth-order valence-electron chi connectivity index (χ4n) is 1.86. The normalized spacial score (nSPS) is 24.1. The summed E-state index contributed by atoms with van der Waals surface area (Å²) >= 11 is 0. The summed E-state index contributed by atoms with van der Waals surface area (Å²) in [5.41, 5.74) is 0.650. The SMILES string of the molecule is FC1CNC(c2nc(-c3ccccn3)no2)C1. The van der Waals surface area contributed by atoms with Crippen LogP contribution in [0.1, 0.15) is 18.4 Å². The van der Waals surface area contributed by atoms with Crippen LogP contribution in [0, 0.1) is 0 Å². The van der Waals surface area contributed by atoms with Crippen molar-refractivity contribution in [3.05, 3.63) is 30.3 Å². The van der Waals surface area contributed by atoms with Gasteiger partial charge in [0.1, 0.15) is 11.9 Å². The smallest absolute Gasteiger partial charge is 0.244 e. The lowest BCUT2D eigenvalue weighted by atomic mass is 10.2. The molecule has 2 aromatic heterocycles. The van der Waals surface area contributed by atoms with Crippen LogP contribution in [-0.2, 0) is 0 Å². The van der Waals surface area contributed by atoms with Gasteiger partial charge in [0.2, 0.25) is 11.7 Å². The molecule has 1 saturated heterocycles. The van der Waals surface area contributed by atoms with Crippen molar-refractivity contribution in [2.45, 2.75) is 18.6 Å². The number of halogens is 1. The molecule has 5 nitrogen and oxygen atoms in total. The Kier molecular flexibility index (Phi) is 2.56. The first kappa shape index (κ1) is 10.3. The van der Waals surface area contributed by atoms with Gasteiger partial charge in [0, 0.05) is 19.2 Å². The van der Waals surface area contributed by atoms with E-state index in [2.05, 4.69) is 20.4 Å². The Morgan fingerprint density at radius 3 is 3.06 bits per heavy atom. The number of aromatic nitrogens is 3. The highest BCUT2D eigenvalue weighted by molar-refractivity contribution is 5.47. The molecule has 1 fully saturated rings. The van der Waals surface area contributed by atoms with Crippen LogP contribution >= 0.6 is 0 Å². The summed E-state index contributed by atoms with van der Waals surface area (Å²) in [5, 5.41) is 6.84. The number of pyridine rings is 1. The highest BCUT2D eigenvalue weighted by Crippen LogP contribution is 2.25. The van der Waals surface area contributed by atoms with Crippen molar-refractivity contribution in [3.8, 4) is 11.5 Å². The lowest BCUT2D eigenvalue weighted by molar-refractivity contribution is 0.324. The molecular formula is C11H11FN4O. The van der Waals surface area contributed by atoms with Crippen molar-refractivity contribution in [2.75, 3.05) is 6.54 Å². The van der Waals surface area contributed by atoms with Gasteiger partial charge in [-0.1, -0.05) is 11.2 Å². The van der Waals surface area contributed by atoms with E-state index in [1.165, 1.54) is 0 Å². The maximum Gasteiger partial charge on any atom is 0.244 e. The van der Waals surface area contributed by atoms with Gasteiger partial charge < -0.3 is 9.84 Å². The zero-order valence-electron chi connectivity index (χ0n) is 9.01. The third-order valence-electron chi connectivity index (χ3n) is 2.71. The molecule has 0 spiro atoms. The summed E-state index contributed by atoms with van der Waals surface area (Å²) < 4.78 is 18.1. The number of nitrogens with zero attached hydrogens (tertiary/aromatic N) is 3. The van der Waals surface area contributed by atoms with Crippen molar-refractivity contribution >= 4 is 0 Å². The molecule has 0 radical (unpaired) electrons. The summed E-state index contributed by atoms with van der Waals surface area (Å²) in [4.78, 5) is 8.35. The number of hydrogen-bond acceptors (Lipinski definition) is 5. The Labute approximate surface area is 97.1 Å². The summed E-state index contributed by atoms with van der Waals surface area (Å²) in [7, 11) is 0. The van der Waals surface area contributed by atoms with E-state index in [-0.39, 0.29) is 6.04 Å². The van der Waals surface area contributed by atoms with Crippen LogP contribution in [0.2, 0.25) is 0 Å². The van der Waals surface area contributed by atoms with Crippen molar-refractivity contribution in [3.63, 3.8) is 0 Å². The first-order chi connectivity index (χ1) is 8.33. The van der Waals surface area contributed by atoms with Crippen molar-refractivity contribution in [2.24, 2.45) is 0 Å². The molecule has 17 heavy (non-hydrogen) atoms. The van der Waals surface area contributed by atoms with Crippen LogP contribution in [-0.4, -0.2) is 27.8 Å². The number of alkyl halides is 1. The molecule has 2 atom stereocenters. The van der Waals surface area contributed by atoms with E-state index in [9.17, 15) is 4.39 Å². The van der Waals surface area contributed by atoms with Crippen LogP contribution in [0.15, 0.2) is 28.9 Å². The van der Waals surface area contributed by atoms with E-state index in [1.54, 1.807) is 12.3 Å². The molecule has 1 aliphatic rings. The number of rotatable bonds is 2. The van der Waals surface area contributed by atoms with Gasteiger partial charge in [0.15, 0.2) is 0 Å². The Balaban J connectivity index is 1.84. The minimum absolute atomic E-state index is 0.185. The quantitative estimate of drug-likeness (QED) is 0.853. The van der Waals surface area contributed by atoms with Crippen LogP contribution in [0.3, 0.4) is 0 Å². The third kappa shape index (κ3) is 2.03. The Hall–Kier alpha value is -1.82. The zero-order valence-corrected chi connectivity index (χ0v) is 9.01. The molecule has 2 aromatic rings. The summed E-state index contributed by atoms with van der Waals surface area (Å²) in [5.74, 6) is 0.857. The topological polar surface area (TPSA) is 63.8 Å². The average molecular weight is 234 g/mol. The number of nitrogens with one attached hydrogen (secondary N) is 1. The molecule has 0 amide bonds. The Morgan fingerprint density at radius 2 is 2.35 bits per heavy atom. The molecule has 0 bridgehead atoms. The first-order valence-corrected chi connectivity index (χ1v) is 5.45. The molecule has 2 unspecified atom stereocenters. The molecule has 3 heterocycles. The molecular weight excluding hydrogens is 223 g/mol. The second kappa shape index (κ2) is 4.21. The average Bonchev–Trinajstić information content (AvgIpc) is 2.98. The zero-order chi connectivity index (χ0) is 11.7. The summed E-state index contributed by atoms with van der Waals surface area (Å²) in [6, 6.07) is 5.28. The van der Waals surface area contributed by atoms with Crippen LogP contribution in [0.25, 0.3) is 11.5 Å². The molecule has 1 N–H and O–H groups in total. The van der Waals surface area contributed by atoms with Gasteiger partial charge in [-0.3, -0.25) is 4.98 Å². The van der Waals surface area contributed by atoms with E-state index in [0.29, 0.717) is 30.4 Å². The van der Waals surface area contributed by atoms with E-state index >= 15 is 0 Å². The highest BCUT2D eigenvalue weighted by atomic mass is 19.1. The van der Waals surface area contributed by atoms with Gasteiger partial charge in [0.05, 0.1) is 6.04 Å². The largest absolute Gasteiger partial charge is 0.337 e. The maximum absolute atomic E-state index is 13.0. The van der Waals surface area contributed by atoms with E-state index in [0.717, 1.165) is 0 Å². The fourth-order valence-corrected chi connectivity index (χ4v) is 1.86. The second-order valence-electron chi connectivity index (χ2n) is 3.97. The fraction of sp³-hybridized carbons (Fsp3) is 0.364. The highest BCUT2D eigenvalue weighted by Gasteiger charge is 2.29. The molecule has 0 aliphatic carbocycles. The molecule has 6 heteroatoms. The third-order valence-corrected chi connectivity index (χ3v) is 2.71.